The predicted octanol–water partition coefficient (Wildman–Crippen LogP) is 4.27. The van der Waals surface area contributed by atoms with Crippen LogP contribution in [0, 0.1) is 0 Å². The summed E-state index contributed by atoms with van der Waals surface area (Å²) < 4.78 is 7.71. The average Bonchev–Trinajstić information content (AvgIpc) is 3.10. The van der Waals surface area contributed by atoms with Crippen molar-refractivity contribution in [1.82, 2.24) is 14.5 Å². The van der Waals surface area contributed by atoms with Crippen LogP contribution in [0.2, 0.25) is 0 Å². The van der Waals surface area contributed by atoms with Crippen LogP contribution in [0.1, 0.15) is 55.3 Å². The number of imidazole rings is 1. The van der Waals surface area contributed by atoms with Gasteiger partial charge in [0, 0.05) is 24.6 Å². The van der Waals surface area contributed by atoms with Crippen LogP contribution in [0.4, 0.5) is 0 Å². The zero-order chi connectivity index (χ0) is 16.1. The first-order valence-corrected chi connectivity index (χ1v) is 8.43. The third-order valence-electron chi connectivity index (χ3n) is 4.79. The van der Waals surface area contributed by atoms with Gasteiger partial charge in [0.2, 0.25) is 0 Å². The molecular weight excluding hydrogens is 286 g/mol. The van der Waals surface area contributed by atoms with Crippen LogP contribution in [0.15, 0.2) is 49.4 Å². The van der Waals surface area contributed by atoms with E-state index in [1.165, 1.54) is 37.7 Å². The zero-order valence-electron chi connectivity index (χ0n) is 13.8. The molecule has 2 heterocycles. The van der Waals surface area contributed by atoms with Crippen LogP contribution in [-0.2, 0) is 11.2 Å². The van der Waals surface area contributed by atoms with Crippen LogP contribution in [-0.4, -0.2) is 21.6 Å². The molecule has 3 rings (SSSR count). The molecule has 1 aliphatic rings. The molecule has 0 spiro atoms. The average molecular weight is 311 g/mol. The second kappa shape index (κ2) is 7.44. The van der Waals surface area contributed by atoms with E-state index in [0.29, 0.717) is 6.04 Å². The Bertz CT molecular complexity index is 629. The summed E-state index contributed by atoms with van der Waals surface area (Å²) in [7, 11) is 1.68. The first kappa shape index (κ1) is 15.8. The van der Waals surface area contributed by atoms with Crippen molar-refractivity contribution in [1.29, 1.82) is 0 Å². The highest BCUT2D eigenvalue weighted by Crippen LogP contribution is 2.31. The number of allylic oxidation sites excluding steroid dienone is 1. The SMILES string of the molecule is C=C(OC)[C@H](Cc1cccnc1)c1cn(C2CCCCC2)cn1. The Hall–Kier alpha value is -2.10. The van der Waals surface area contributed by atoms with Crippen LogP contribution >= 0.6 is 0 Å². The second-order valence-electron chi connectivity index (χ2n) is 6.33. The maximum absolute atomic E-state index is 5.43. The fraction of sp³-hybridized carbons (Fsp3) is 0.474. The molecule has 0 amide bonds. The second-order valence-corrected chi connectivity index (χ2v) is 6.33. The van der Waals surface area contributed by atoms with E-state index in [1.54, 1.807) is 13.3 Å². The van der Waals surface area contributed by atoms with Gasteiger partial charge in [-0.05, 0) is 30.9 Å². The summed E-state index contributed by atoms with van der Waals surface area (Å²) in [6.45, 7) is 4.08. The van der Waals surface area contributed by atoms with Crippen molar-refractivity contribution in [3.8, 4) is 0 Å². The van der Waals surface area contributed by atoms with Gasteiger partial charge in [0.1, 0.15) is 0 Å². The Morgan fingerprint density at radius 1 is 1.39 bits per heavy atom. The molecule has 23 heavy (non-hydrogen) atoms. The summed E-state index contributed by atoms with van der Waals surface area (Å²) in [5.41, 5.74) is 2.20. The molecule has 1 fully saturated rings. The van der Waals surface area contributed by atoms with Crippen LogP contribution in [0.5, 0.6) is 0 Å². The number of aromatic nitrogens is 3. The number of hydrogen-bond donors (Lipinski definition) is 0. The van der Waals surface area contributed by atoms with Crippen molar-refractivity contribution < 1.29 is 4.74 Å². The molecule has 0 N–H and O–H groups in total. The maximum atomic E-state index is 5.43. The van der Waals surface area contributed by atoms with Crippen molar-refractivity contribution in [3.05, 3.63) is 60.6 Å². The molecule has 4 heteroatoms. The van der Waals surface area contributed by atoms with Gasteiger partial charge in [0.05, 0.1) is 30.8 Å². The predicted molar refractivity (Wildman–Crippen MR) is 91.2 cm³/mol. The minimum absolute atomic E-state index is 0.0639. The molecule has 0 aromatic carbocycles. The summed E-state index contributed by atoms with van der Waals surface area (Å²) >= 11 is 0. The summed E-state index contributed by atoms with van der Waals surface area (Å²) in [5, 5.41) is 0. The lowest BCUT2D eigenvalue weighted by Gasteiger charge is -2.22. The number of pyridine rings is 1. The van der Waals surface area contributed by atoms with Gasteiger partial charge in [0.25, 0.3) is 0 Å². The Balaban J connectivity index is 1.79. The van der Waals surface area contributed by atoms with Gasteiger partial charge in [-0.1, -0.05) is 31.9 Å². The van der Waals surface area contributed by atoms with Gasteiger partial charge in [-0.15, -0.1) is 0 Å². The molecule has 0 radical (unpaired) electrons. The van der Waals surface area contributed by atoms with Crippen molar-refractivity contribution in [3.63, 3.8) is 0 Å². The summed E-state index contributed by atoms with van der Waals surface area (Å²) in [6.07, 6.45) is 15.2. The van der Waals surface area contributed by atoms with E-state index in [4.69, 9.17) is 4.74 Å². The molecule has 0 saturated heterocycles. The lowest BCUT2D eigenvalue weighted by Crippen LogP contribution is -2.11. The highest BCUT2D eigenvalue weighted by atomic mass is 16.5. The van der Waals surface area contributed by atoms with E-state index in [0.717, 1.165) is 17.9 Å². The molecular formula is C19H25N3O. The van der Waals surface area contributed by atoms with Crippen molar-refractivity contribution >= 4 is 0 Å². The molecule has 1 atom stereocenters. The number of rotatable bonds is 6. The van der Waals surface area contributed by atoms with E-state index in [2.05, 4.69) is 33.4 Å². The van der Waals surface area contributed by atoms with E-state index >= 15 is 0 Å². The topological polar surface area (TPSA) is 39.9 Å². The van der Waals surface area contributed by atoms with E-state index in [1.807, 2.05) is 18.6 Å². The molecule has 2 aromatic heterocycles. The molecule has 2 aromatic rings. The van der Waals surface area contributed by atoms with Gasteiger partial charge in [-0.2, -0.15) is 0 Å². The molecule has 0 aliphatic heterocycles. The minimum atomic E-state index is 0.0639. The molecule has 1 saturated carbocycles. The quantitative estimate of drug-likeness (QED) is 0.748. The first-order chi connectivity index (χ1) is 11.3. The third-order valence-corrected chi connectivity index (χ3v) is 4.79. The van der Waals surface area contributed by atoms with Crippen LogP contribution < -0.4 is 0 Å². The lowest BCUT2D eigenvalue weighted by atomic mass is 9.94. The van der Waals surface area contributed by atoms with E-state index < -0.39 is 0 Å². The fourth-order valence-electron chi connectivity index (χ4n) is 3.39. The molecule has 122 valence electrons. The van der Waals surface area contributed by atoms with Crippen LogP contribution in [0.3, 0.4) is 0 Å². The summed E-state index contributed by atoms with van der Waals surface area (Å²) in [4.78, 5) is 8.86. The number of methoxy groups -OCH3 is 1. The fourth-order valence-corrected chi connectivity index (χ4v) is 3.39. The summed E-state index contributed by atoms with van der Waals surface area (Å²) in [5.74, 6) is 0.816. The standard InChI is InChI=1S/C19H25N3O/c1-15(23-2)18(11-16-7-6-10-20-12-16)19-13-22(14-21-19)17-8-4-3-5-9-17/h6-7,10,12-14,17-18H,1,3-5,8-9,11H2,2H3/t18-/m0/s1. The van der Waals surface area contributed by atoms with Gasteiger partial charge in [-0.25, -0.2) is 4.98 Å². The first-order valence-electron chi connectivity index (χ1n) is 8.43. The van der Waals surface area contributed by atoms with Crippen molar-refractivity contribution in [2.75, 3.05) is 7.11 Å². The van der Waals surface area contributed by atoms with Gasteiger partial charge >= 0.3 is 0 Å². The maximum Gasteiger partial charge on any atom is 0.0978 e. The van der Waals surface area contributed by atoms with Gasteiger partial charge in [0.15, 0.2) is 0 Å². The normalized spacial score (nSPS) is 16.9. The molecule has 1 aliphatic carbocycles. The van der Waals surface area contributed by atoms with Crippen molar-refractivity contribution in [2.45, 2.75) is 50.5 Å². The van der Waals surface area contributed by atoms with Gasteiger partial charge in [-0.3, -0.25) is 4.98 Å². The monoisotopic (exact) mass is 311 g/mol. The Labute approximate surface area is 138 Å². The molecule has 0 bridgehead atoms. The third kappa shape index (κ3) is 3.81. The highest BCUT2D eigenvalue weighted by Gasteiger charge is 2.22. The number of hydrogen-bond acceptors (Lipinski definition) is 3. The molecule has 0 unspecified atom stereocenters. The van der Waals surface area contributed by atoms with E-state index in [-0.39, 0.29) is 5.92 Å². The minimum Gasteiger partial charge on any atom is -0.501 e. The zero-order valence-corrected chi connectivity index (χ0v) is 13.8. The number of nitrogens with zero attached hydrogens (tertiary/aromatic N) is 3. The van der Waals surface area contributed by atoms with E-state index in [9.17, 15) is 0 Å². The highest BCUT2D eigenvalue weighted by molar-refractivity contribution is 5.22. The Morgan fingerprint density at radius 3 is 2.91 bits per heavy atom. The van der Waals surface area contributed by atoms with Crippen molar-refractivity contribution in [2.24, 2.45) is 0 Å². The smallest absolute Gasteiger partial charge is 0.0978 e. The summed E-state index contributed by atoms with van der Waals surface area (Å²) in [6, 6.07) is 4.64. The Morgan fingerprint density at radius 2 is 2.22 bits per heavy atom. The van der Waals surface area contributed by atoms with Gasteiger partial charge < -0.3 is 9.30 Å². The lowest BCUT2D eigenvalue weighted by molar-refractivity contribution is 0.264. The largest absolute Gasteiger partial charge is 0.501 e. The molecule has 4 nitrogen and oxygen atoms in total. The van der Waals surface area contributed by atoms with Crippen LogP contribution in [0.25, 0.3) is 0 Å². The Kier molecular flexibility index (Phi) is 5.11. The number of ether oxygens (including phenoxy) is 1.